The van der Waals surface area contributed by atoms with E-state index >= 15 is 0 Å². The van der Waals surface area contributed by atoms with E-state index in [4.69, 9.17) is 37.0 Å². The lowest BCUT2D eigenvalue weighted by Gasteiger charge is -2.21. The van der Waals surface area contributed by atoms with E-state index in [9.17, 15) is 43.2 Å². The third-order valence-electron chi connectivity index (χ3n) is 16.5. The normalized spacial score (nSPS) is 14.4. The molecule has 0 saturated carbocycles. The van der Waals surface area contributed by atoms with Gasteiger partial charge in [0.2, 0.25) is 0 Å². The van der Waals surface area contributed by atoms with Gasteiger partial charge in [0.15, 0.2) is 12.2 Å². The highest BCUT2D eigenvalue weighted by Gasteiger charge is 2.30. The lowest BCUT2D eigenvalue weighted by atomic mass is 10.1. The topological polar surface area (TPSA) is 237 Å². The summed E-state index contributed by atoms with van der Waals surface area (Å²) in [5.41, 5.74) is 0. The minimum atomic E-state index is -4.98. The summed E-state index contributed by atoms with van der Waals surface area (Å²) in [6, 6.07) is 0. The number of carbonyl (C=O) groups is 4. The molecule has 0 aliphatic carbocycles. The number of unbranched alkanes of at least 4 members (excludes halogenated alkanes) is 32. The Bertz CT molecular complexity index is 2270. The molecule has 0 heterocycles. The van der Waals surface area contributed by atoms with Gasteiger partial charge in [-0.25, -0.2) is 9.13 Å². The zero-order chi connectivity index (χ0) is 73.2. The van der Waals surface area contributed by atoms with Crippen LogP contribution in [0.3, 0.4) is 0 Å². The van der Waals surface area contributed by atoms with Crippen molar-refractivity contribution in [1.82, 2.24) is 0 Å². The van der Waals surface area contributed by atoms with Gasteiger partial charge in [0.25, 0.3) is 0 Å². The molecule has 0 amide bonds. The minimum absolute atomic E-state index is 0.0818. The predicted octanol–water partition coefficient (Wildman–Crippen LogP) is 22.8. The van der Waals surface area contributed by atoms with Gasteiger partial charge >= 0.3 is 39.5 Å². The number of esters is 4. The molecule has 19 heteroatoms. The number of phosphoric acid groups is 2. The van der Waals surface area contributed by atoms with E-state index in [1.807, 2.05) is 0 Å². The highest BCUT2D eigenvalue weighted by molar-refractivity contribution is 7.47. The Morgan fingerprint density at radius 1 is 0.290 bits per heavy atom. The number of hydrogen-bond donors (Lipinski definition) is 3. The molecule has 0 saturated heterocycles. The van der Waals surface area contributed by atoms with Crippen LogP contribution in [-0.2, 0) is 65.4 Å². The average molecular weight is 1450 g/mol. The smallest absolute Gasteiger partial charge is 0.462 e. The molecule has 0 spiro atoms. The van der Waals surface area contributed by atoms with Gasteiger partial charge in [-0.15, -0.1) is 0 Å². The summed E-state index contributed by atoms with van der Waals surface area (Å²) in [6.45, 7) is 4.67. The van der Waals surface area contributed by atoms with Crippen LogP contribution in [0.15, 0.2) is 97.2 Å². The van der Waals surface area contributed by atoms with Gasteiger partial charge in [0.05, 0.1) is 26.4 Å². The van der Waals surface area contributed by atoms with Crippen molar-refractivity contribution >= 4 is 39.5 Å². The molecule has 578 valence electrons. The van der Waals surface area contributed by atoms with Crippen molar-refractivity contribution in [2.24, 2.45) is 0 Å². The number of rotatable bonds is 74. The van der Waals surface area contributed by atoms with Gasteiger partial charge < -0.3 is 33.8 Å². The maximum atomic E-state index is 13.1. The number of phosphoric ester groups is 2. The highest BCUT2D eigenvalue weighted by Crippen LogP contribution is 2.45. The van der Waals surface area contributed by atoms with Crippen LogP contribution in [0.5, 0.6) is 0 Å². The first-order valence-electron chi connectivity index (χ1n) is 39.5. The molecule has 5 unspecified atom stereocenters. The molecule has 0 aromatic rings. The van der Waals surface area contributed by atoms with E-state index in [-0.39, 0.29) is 25.7 Å². The standard InChI is InChI=1S/C81H142O17P2/c1-5-9-13-17-21-25-29-32-35-36-37-38-41-43-47-50-54-58-62-66-79(84)92-72-77(98-81(86)68-64-60-56-52-48-44-40-34-31-27-23-19-15-11-7-3)74-96-100(89,90)94-70-75(82)69-93-99(87,88)95-73-76(97-80(85)67-63-59-55-51-45-28-24-20-16-12-8-4)71-91-78(83)65-61-57-53-49-46-42-39-33-30-26-22-18-14-10-6-2/h9,13,20-22,24-26,32-35,37-40,75-77,82H,5-8,10-12,14-19,23,27-31,36,41-74H2,1-4H3,(H,87,88)(H,89,90)/b13-9-,24-20-,25-21-,26-22-,35-32-,38-37-,39-33-,40-34-. The number of aliphatic hydroxyl groups excluding tert-OH is 1. The van der Waals surface area contributed by atoms with Crippen LogP contribution >= 0.6 is 15.6 Å². The van der Waals surface area contributed by atoms with Crippen molar-refractivity contribution < 1.29 is 80.2 Å². The fraction of sp³-hybridized carbons (Fsp3) is 0.753. The van der Waals surface area contributed by atoms with Crippen LogP contribution in [-0.4, -0.2) is 96.7 Å². The summed E-state index contributed by atoms with van der Waals surface area (Å²) >= 11 is 0. The third-order valence-corrected chi connectivity index (χ3v) is 18.4. The number of allylic oxidation sites excluding steroid dienone is 16. The van der Waals surface area contributed by atoms with Crippen molar-refractivity contribution in [3.63, 3.8) is 0 Å². The van der Waals surface area contributed by atoms with E-state index < -0.39 is 97.5 Å². The first-order valence-corrected chi connectivity index (χ1v) is 42.5. The minimum Gasteiger partial charge on any atom is -0.462 e. The van der Waals surface area contributed by atoms with Crippen LogP contribution in [0.2, 0.25) is 0 Å². The van der Waals surface area contributed by atoms with Crippen LogP contribution in [0.1, 0.15) is 336 Å². The molecule has 0 aliphatic rings. The Morgan fingerprint density at radius 2 is 0.530 bits per heavy atom. The van der Waals surface area contributed by atoms with Crippen LogP contribution < -0.4 is 0 Å². The van der Waals surface area contributed by atoms with Crippen LogP contribution in [0, 0.1) is 0 Å². The van der Waals surface area contributed by atoms with E-state index in [2.05, 4.69) is 125 Å². The second kappa shape index (κ2) is 73.3. The largest absolute Gasteiger partial charge is 0.472 e. The Balaban J connectivity index is 5.34. The monoisotopic (exact) mass is 1450 g/mol. The zero-order valence-electron chi connectivity index (χ0n) is 63.1. The summed E-state index contributed by atoms with van der Waals surface area (Å²) in [7, 11) is -9.96. The molecule has 3 N–H and O–H groups in total. The molecule has 0 aromatic carbocycles. The maximum Gasteiger partial charge on any atom is 0.472 e. The van der Waals surface area contributed by atoms with Crippen molar-refractivity contribution in [3.8, 4) is 0 Å². The molecule has 100 heavy (non-hydrogen) atoms. The van der Waals surface area contributed by atoms with Gasteiger partial charge in [-0.1, -0.05) is 266 Å². The van der Waals surface area contributed by atoms with Crippen LogP contribution in [0.4, 0.5) is 0 Å². The van der Waals surface area contributed by atoms with Gasteiger partial charge in [-0.2, -0.15) is 0 Å². The molecule has 0 fully saturated rings. The Kier molecular flexibility index (Phi) is 70.4. The van der Waals surface area contributed by atoms with Gasteiger partial charge in [0.1, 0.15) is 19.3 Å². The van der Waals surface area contributed by atoms with Crippen molar-refractivity contribution in [3.05, 3.63) is 97.2 Å². The fourth-order valence-electron chi connectivity index (χ4n) is 10.5. The molecular formula is C81H142O17P2. The van der Waals surface area contributed by atoms with E-state index in [1.54, 1.807) is 0 Å². The van der Waals surface area contributed by atoms with Gasteiger partial charge in [0, 0.05) is 25.7 Å². The summed E-state index contributed by atoms with van der Waals surface area (Å²) in [4.78, 5) is 72.9. The molecule has 0 rings (SSSR count). The molecule has 0 bridgehead atoms. The first kappa shape index (κ1) is 96.0. The average Bonchev–Trinajstić information content (AvgIpc) is 0.985. The summed E-state index contributed by atoms with van der Waals surface area (Å²) in [5, 5.41) is 10.6. The highest BCUT2D eigenvalue weighted by atomic mass is 31.2. The molecule has 0 radical (unpaired) electrons. The van der Waals surface area contributed by atoms with Crippen LogP contribution in [0.25, 0.3) is 0 Å². The van der Waals surface area contributed by atoms with Crippen molar-refractivity contribution in [2.75, 3.05) is 39.6 Å². The van der Waals surface area contributed by atoms with Gasteiger partial charge in [-0.05, 0) is 141 Å². The number of ether oxygens (including phenoxy) is 4. The Hall–Kier alpha value is -4.02. The van der Waals surface area contributed by atoms with E-state index in [0.29, 0.717) is 25.7 Å². The summed E-state index contributed by atoms with van der Waals surface area (Å²) in [5.74, 6) is -2.21. The summed E-state index contributed by atoms with van der Waals surface area (Å²) < 4.78 is 68.5. The number of carbonyl (C=O) groups excluding carboxylic acids is 4. The second-order valence-corrected chi connectivity index (χ2v) is 29.2. The van der Waals surface area contributed by atoms with E-state index in [0.717, 1.165) is 186 Å². The molecular weight excluding hydrogens is 1310 g/mol. The number of aliphatic hydroxyl groups is 1. The quantitative estimate of drug-likeness (QED) is 0.0169. The van der Waals surface area contributed by atoms with E-state index in [1.165, 1.54) is 70.6 Å². The predicted molar refractivity (Wildman–Crippen MR) is 409 cm³/mol. The number of hydrogen-bond acceptors (Lipinski definition) is 15. The maximum absolute atomic E-state index is 13.1. The first-order chi connectivity index (χ1) is 48.7. The van der Waals surface area contributed by atoms with Crippen molar-refractivity contribution in [2.45, 2.75) is 354 Å². The Labute approximate surface area is 607 Å². The second-order valence-electron chi connectivity index (χ2n) is 26.3. The molecule has 5 atom stereocenters. The third kappa shape index (κ3) is 72.3. The zero-order valence-corrected chi connectivity index (χ0v) is 64.9. The SMILES string of the molecule is CC/C=C\C/C=C\C/C=C\C/C=C\CCCCCCCCC(=O)OCC(COP(=O)(O)OCC(O)COP(=O)(O)OCC(COC(=O)CCCCCCC/C=C\C/C=C\CCCCC)OC(=O)CCCCCCC/C=C\CCCC)OC(=O)CCCCCCC/C=C\CCCCCCCC. The van der Waals surface area contributed by atoms with Gasteiger partial charge in [-0.3, -0.25) is 37.3 Å². The van der Waals surface area contributed by atoms with Crippen molar-refractivity contribution in [1.29, 1.82) is 0 Å². The molecule has 17 nitrogen and oxygen atoms in total. The Morgan fingerprint density at radius 3 is 0.860 bits per heavy atom. The lowest BCUT2D eigenvalue weighted by molar-refractivity contribution is -0.161. The summed E-state index contributed by atoms with van der Waals surface area (Å²) in [6.07, 6.45) is 76.7. The molecule has 0 aliphatic heterocycles. The lowest BCUT2D eigenvalue weighted by Crippen LogP contribution is -2.30. The molecule has 0 aromatic heterocycles. The fourth-order valence-corrected chi connectivity index (χ4v) is 12.0.